The molecule has 23 heavy (non-hydrogen) atoms. The van der Waals surface area contributed by atoms with Gasteiger partial charge in [0.25, 0.3) is 0 Å². The van der Waals surface area contributed by atoms with E-state index in [1.165, 1.54) is 0 Å². The highest BCUT2D eigenvalue weighted by atomic mass is 16.6. The van der Waals surface area contributed by atoms with E-state index in [0.717, 1.165) is 23.6 Å². The van der Waals surface area contributed by atoms with Gasteiger partial charge in [0.15, 0.2) is 11.5 Å². The van der Waals surface area contributed by atoms with Crippen molar-refractivity contribution in [3.05, 3.63) is 18.2 Å². The molecule has 2 heterocycles. The lowest BCUT2D eigenvalue weighted by Crippen LogP contribution is -2.36. The number of rotatable bonds is 2. The normalized spacial score (nSPS) is 20.3. The molecule has 2 aliphatic heterocycles. The number of benzene rings is 1. The maximum atomic E-state index is 12.1. The molecule has 1 N–H and O–H groups in total. The van der Waals surface area contributed by atoms with Crippen molar-refractivity contribution in [1.29, 1.82) is 0 Å². The third-order valence-corrected chi connectivity index (χ3v) is 3.75. The maximum absolute atomic E-state index is 12.1. The maximum Gasteiger partial charge on any atom is 0.410 e. The number of nitrogens with zero attached hydrogens (tertiary/aromatic N) is 1. The molecular formula is C17H24N2O4. The Bertz CT molecular complexity index is 582. The minimum absolute atomic E-state index is 0.213. The number of carbonyl (C=O) groups is 1. The summed E-state index contributed by atoms with van der Waals surface area (Å²) in [5, 5.41) is 3.45. The number of anilines is 1. The molecule has 3 rings (SSSR count). The summed E-state index contributed by atoms with van der Waals surface area (Å²) >= 11 is 0. The van der Waals surface area contributed by atoms with Gasteiger partial charge in [0.05, 0.1) is 0 Å². The van der Waals surface area contributed by atoms with Gasteiger partial charge in [0.2, 0.25) is 0 Å². The average molecular weight is 320 g/mol. The van der Waals surface area contributed by atoms with Crippen molar-refractivity contribution >= 4 is 11.8 Å². The van der Waals surface area contributed by atoms with E-state index >= 15 is 0 Å². The summed E-state index contributed by atoms with van der Waals surface area (Å²) in [5.41, 5.74) is 0.517. The molecule has 0 bridgehead atoms. The van der Waals surface area contributed by atoms with Crippen molar-refractivity contribution in [1.82, 2.24) is 4.90 Å². The number of nitrogens with one attached hydrogen (secondary N) is 1. The monoisotopic (exact) mass is 320 g/mol. The fourth-order valence-electron chi connectivity index (χ4n) is 2.74. The zero-order valence-corrected chi connectivity index (χ0v) is 13.9. The highest BCUT2D eigenvalue weighted by Gasteiger charge is 2.29. The third kappa shape index (κ3) is 4.00. The van der Waals surface area contributed by atoms with E-state index in [1.54, 1.807) is 4.90 Å². The van der Waals surface area contributed by atoms with Gasteiger partial charge in [-0.1, -0.05) is 0 Å². The lowest BCUT2D eigenvalue weighted by atomic mass is 10.2. The number of carbonyl (C=O) groups excluding carboxylic acids is 1. The second-order valence-corrected chi connectivity index (χ2v) is 6.91. The van der Waals surface area contributed by atoms with Gasteiger partial charge in [-0.3, -0.25) is 0 Å². The minimum atomic E-state index is -0.460. The highest BCUT2D eigenvalue weighted by molar-refractivity contribution is 5.68. The molecule has 1 atom stereocenters. The van der Waals surface area contributed by atoms with Gasteiger partial charge < -0.3 is 24.4 Å². The van der Waals surface area contributed by atoms with Crippen molar-refractivity contribution in [3.8, 4) is 11.5 Å². The van der Waals surface area contributed by atoms with Crippen LogP contribution in [0.25, 0.3) is 0 Å². The molecule has 2 aliphatic rings. The molecule has 1 saturated heterocycles. The first-order valence-corrected chi connectivity index (χ1v) is 8.05. The van der Waals surface area contributed by atoms with E-state index in [1.807, 2.05) is 39.0 Å². The Morgan fingerprint density at radius 1 is 1.26 bits per heavy atom. The quantitative estimate of drug-likeness (QED) is 0.908. The van der Waals surface area contributed by atoms with E-state index < -0.39 is 5.60 Å². The van der Waals surface area contributed by atoms with Gasteiger partial charge in [-0.2, -0.15) is 0 Å². The molecule has 0 radical (unpaired) electrons. The van der Waals surface area contributed by atoms with Crippen LogP contribution in [0.3, 0.4) is 0 Å². The molecule has 1 amide bonds. The summed E-state index contributed by atoms with van der Waals surface area (Å²) in [4.78, 5) is 13.8. The van der Waals surface area contributed by atoms with Crippen LogP contribution in [-0.4, -0.2) is 48.9 Å². The predicted octanol–water partition coefficient (Wildman–Crippen LogP) is 2.88. The number of fused-ring (bicyclic) bond motifs is 1. The Balaban J connectivity index is 1.57. The molecule has 126 valence electrons. The van der Waals surface area contributed by atoms with Gasteiger partial charge in [0.1, 0.15) is 18.8 Å². The third-order valence-electron chi connectivity index (χ3n) is 3.75. The largest absolute Gasteiger partial charge is 0.486 e. The fourth-order valence-corrected chi connectivity index (χ4v) is 2.74. The molecule has 6 nitrogen and oxygen atoms in total. The number of ether oxygens (including phenoxy) is 3. The van der Waals surface area contributed by atoms with E-state index in [9.17, 15) is 4.79 Å². The first-order chi connectivity index (χ1) is 10.9. The summed E-state index contributed by atoms with van der Waals surface area (Å²) in [6.07, 6.45) is 0.650. The Hall–Kier alpha value is -2.11. The van der Waals surface area contributed by atoms with Crippen molar-refractivity contribution < 1.29 is 19.0 Å². The smallest absolute Gasteiger partial charge is 0.410 e. The molecule has 0 saturated carbocycles. The number of amides is 1. The Labute approximate surface area is 136 Å². The zero-order chi connectivity index (χ0) is 16.4. The standard InChI is InChI=1S/C17H24N2O4/c1-17(2,3)23-16(20)19-7-6-13(11-19)18-12-4-5-14-15(10-12)22-9-8-21-14/h4-5,10,13,18H,6-9,11H2,1-3H3. The topological polar surface area (TPSA) is 60.0 Å². The van der Waals surface area contributed by atoms with Gasteiger partial charge in [-0.15, -0.1) is 0 Å². The number of likely N-dealkylation sites (tertiary alicyclic amines) is 1. The van der Waals surface area contributed by atoms with E-state index in [2.05, 4.69) is 5.32 Å². The predicted molar refractivity (Wildman–Crippen MR) is 87.3 cm³/mol. The second-order valence-electron chi connectivity index (χ2n) is 6.91. The van der Waals surface area contributed by atoms with Crippen LogP contribution in [-0.2, 0) is 4.74 Å². The number of hydrogen-bond donors (Lipinski definition) is 1. The molecule has 1 fully saturated rings. The zero-order valence-electron chi connectivity index (χ0n) is 13.9. The van der Waals surface area contributed by atoms with Crippen molar-refractivity contribution in [2.75, 3.05) is 31.6 Å². The van der Waals surface area contributed by atoms with Gasteiger partial charge in [-0.05, 0) is 39.3 Å². The van der Waals surface area contributed by atoms with Crippen LogP contribution in [0.4, 0.5) is 10.5 Å². The highest BCUT2D eigenvalue weighted by Crippen LogP contribution is 2.33. The SMILES string of the molecule is CC(C)(C)OC(=O)N1CCC(Nc2ccc3c(c2)OCCO3)C1. The van der Waals surface area contributed by atoms with Crippen LogP contribution >= 0.6 is 0 Å². The van der Waals surface area contributed by atoms with Crippen molar-refractivity contribution in [2.24, 2.45) is 0 Å². The second kappa shape index (κ2) is 6.18. The first-order valence-electron chi connectivity index (χ1n) is 8.05. The molecule has 0 aliphatic carbocycles. The molecule has 1 unspecified atom stereocenters. The summed E-state index contributed by atoms with van der Waals surface area (Å²) in [5.74, 6) is 1.55. The lowest BCUT2D eigenvalue weighted by Gasteiger charge is -2.24. The van der Waals surface area contributed by atoms with Crippen LogP contribution in [0.5, 0.6) is 11.5 Å². The summed E-state index contributed by atoms with van der Waals surface area (Å²) in [7, 11) is 0. The first kappa shape index (κ1) is 15.8. The number of hydrogen-bond acceptors (Lipinski definition) is 5. The molecular weight excluding hydrogens is 296 g/mol. The molecule has 6 heteroatoms. The lowest BCUT2D eigenvalue weighted by molar-refractivity contribution is 0.0293. The Morgan fingerprint density at radius 2 is 2.00 bits per heavy atom. The molecule has 0 aromatic heterocycles. The van der Waals surface area contributed by atoms with E-state index in [0.29, 0.717) is 26.3 Å². The molecule has 1 aromatic carbocycles. The molecule has 1 aromatic rings. The summed E-state index contributed by atoms with van der Waals surface area (Å²) in [6.45, 7) is 8.16. The van der Waals surface area contributed by atoms with E-state index in [-0.39, 0.29) is 12.1 Å². The summed E-state index contributed by atoms with van der Waals surface area (Å²) in [6, 6.07) is 6.05. The van der Waals surface area contributed by atoms with Gasteiger partial charge >= 0.3 is 6.09 Å². The van der Waals surface area contributed by atoms with Crippen molar-refractivity contribution in [2.45, 2.75) is 38.8 Å². The fraction of sp³-hybridized carbons (Fsp3) is 0.588. The van der Waals surface area contributed by atoms with Crippen LogP contribution < -0.4 is 14.8 Å². The van der Waals surface area contributed by atoms with Crippen LogP contribution in [0.2, 0.25) is 0 Å². The van der Waals surface area contributed by atoms with Crippen LogP contribution in [0, 0.1) is 0 Å². The summed E-state index contributed by atoms with van der Waals surface area (Å²) < 4.78 is 16.5. The Morgan fingerprint density at radius 3 is 2.74 bits per heavy atom. The molecule has 0 spiro atoms. The van der Waals surface area contributed by atoms with Crippen LogP contribution in [0.1, 0.15) is 27.2 Å². The minimum Gasteiger partial charge on any atom is -0.486 e. The van der Waals surface area contributed by atoms with Crippen molar-refractivity contribution in [3.63, 3.8) is 0 Å². The average Bonchev–Trinajstić information content (AvgIpc) is 2.94. The van der Waals surface area contributed by atoms with Gasteiger partial charge in [0, 0.05) is 30.9 Å². The van der Waals surface area contributed by atoms with Gasteiger partial charge in [-0.25, -0.2) is 4.79 Å². The van der Waals surface area contributed by atoms with Crippen LogP contribution in [0.15, 0.2) is 18.2 Å². The Kier molecular flexibility index (Phi) is 4.24. The van der Waals surface area contributed by atoms with E-state index in [4.69, 9.17) is 14.2 Å².